The van der Waals surface area contributed by atoms with Crippen LogP contribution in [0.5, 0.6) is 0 Å². The number of carbonyl (C=O) groups is 3. The predicted molar refractivity (Wildman–Crippen MR) is 265 cm³/mol. The Morgan fingerprint density at radius 2 is 1.11 bits per heavy atom. The molecule has 3 saturated heterocycles. The van der Waals surface area contributed by atoms with Crippen LogP contribution in [0.4, 0.5) is 0 Å². The number of hydrogen-bond donors (Lipinski definition) is 0. The van der Waals surface area contributed by atoms with Gasteiger partial charge in [0, 0.05) is 5.56 Å². The molecule has 0 aromatic heterocycles. The highest BCUT2D eigenvalue weighted by molar-refractivity contribution is 7.99. The number of benzene rings is 5. The summed E-state index contributed by atoms with van der Waals surface area (Å²) in [5, 5.41) is -0.300. The molecule has 0 saturated carbocycles. The van der Waals surface area contributed by atoms with Gasteiger partial charge in [0.1, 0.15) is 36.0 Å². The molecular formula is C55H62O13SSi. The van der Waals surface area contributed by atoms with Crippen LogP contribution in [-0.2, 0) is 53.7 Å². The molecule has 3 heterocycles. The van der Waals surface area contributed by atoms with E-state index in [1.54, 1.807) is 84.9 Å². The van der Waals surface area contributed by atoms with Crippen LogP contribution in [0.15, 0.2) is 152 Å². The highest BCUT2D eigenvalue weighted by Crippen LogP contribution is 2.44. The Hall–Kier alpha value is -5.20. The number of rotatable bonds is 17. The zero-order valence-electron chi connectivity index (χ0n) is 40.3. The van der Waals surface area contributed by atoms with Crippen LogP contribution in [0.3, 0.4) is 0 Å². The molecule has 5 aromatic carbocycles. The van der Waals surface area contributed by atoms with Gasteiger partial charge in [-0.2, -0.15) is 0 Å². The molecule has 13 nitrogen and oxygen atoms in total. The van der Waals surface area contributed by atoms with E-state index in [9.17, 15) is 14.4 Å². The minimum Gasteiger partial charge on any atom is -0.452 e. The molecule has 11 atom stereocenters. The SMILES string of the molecule is CCS[C@@H]1O[C@H](COCc2ccccc2)[C@@H](O[C@@H]2O[C@@H]3CO[C@@H](c4ccccc4)O[C@H]3[C@H](O[Si](C)(C)C(C)(C)C)[C@H]2OC(=O)c2ccccc2)[C@H](OC(=O)c2ccccc2)[C@H]1OC(=O)c1ccccc1. The van der Waals surface area contributed by atoms with E-state index in [1.165, 1.54) is 11.8 Å². The van der Waals surface area contributed by atoms with E-state index < -0.39 is 93.1 Å². The number of carbonyl (C=O) groups excluding carboxylic acids is 3. The summed E-state index contributed by atoms with van der Waals surface area (Å²) in [5.74, 6) is -1.45. The largest absolute Gasteiger partial charge is 0.452 e. The predicted octanol–water partition coefficient (Wildman–Crippen LogP) is 9.97. The molecule has 3 fully saturated rings. The van der Waals surface area contributed by atoms with Gasteiger partial charge in [0.05, 0.1) is 36.5 Å². The van der Waals surface area contributed by atoms with Crippen molar-refractivity contribution >= 4 is 38.0 Å². The van der Waals surface area contributed by atoms with E-state index in [1.807, 2.05) is 73.7 Å². The van der Waals surface area contributed by atoms with Crippen molar-refractivity contribution in [1.29, 1.82) is 0 Å². The minimum absolute atomic E-state index is 0.0544. The lowest BCUT2D eigenvalue weighted by molar-refractivity contribution is -0.374. The van der Waals surface area contributed by atoms with Crippen molar-refractivity contribution in [3.05, 3.63) is 179 Å². The van der Waals surface area contributed by atoms with Crippen LogP contribution >= 0.6 is 11.8 Å². The molecule has 0 aliphatic carbocycles. The van der Waals surface area contributed by atoms with Crippen LogP contribution in [-0.4, -0.2) is 106 Å². The van der Waals surface area contributed by atoms with Gasteiger partial charge in [-0.25, -0.2) is 14.4 Å². The van der Waals surface area contributed by atoms with Gasteiger partial charge in [0.25, 0.3) is 0 Å². The molecule has 3 aliphatic rings. The lowest BCUT2D eigenvalue weighted by Crippen LogP contribution is -2.68. The van der Waals surface area contributed by atoms with Crippen molar-refractivity contribution in [2.75, 3.05) is 19.0 Å². The first kappa shape index (κ1) is 51.2. The van der Waals surface area contributed by atoms with Crippen molar-refractivity contribution in [3.8, 4) is 0 Å². The van der Waals surface area contributed by atoms with Gasteiger partial charge >= 0.3 is 17.9 Å². The molecule has 0 N–H and O–H groups in total. The van der Waals surface area contributed by atoms with E-state index >= 15 is 0 Å². The van der Waals surface area contributed by atoms with Gasteiger partial charge in [-0.05, 0) is 65.8 Å². The highest BCUT2D eigenvalue weighted by atomic mass is 32.2. The summed E-state index contributed by atoms with van der Waals surface area (Å²) in [6, 6.07) is 45.0. The Labute approximate surface area is 415 Å². The van der Waals surface area contributed by atoms with Crippen molar-refractivity contribution < 1.29 is 61.4 Å². The summed E-state index contributed by atoms with van der Waals surface area (Å²) in [7, 11) is -2.74. The summed E-state index contributed by atoms with van der Waals surface area (Å²) in [6.07, 6.45) is -10.9. The van der Waals surface area contributed by atoms with E-state index in [2.05, 4.69) is 33.9 Å². The lowest BCUT2D eigenvalue weighted by atomic mass is 9.96. The molecule has 8 rings (SSSR count). The zero-order chi connectivity index (χ0) is 49.3. The Bertz CT molecular complexity index is 2440. The summed E-state index contributed by atoms with van der Waals surface area (Å²) < 4.78 is 67.4. The topological polar surface area (TPSA) is 144 Å². The van der Waals surface area contributed by atoms with Crippen molar-refractivity contribution in [2.24, 2.45) is 0 Å². The van der Waals surface area contributed by atoms with Gasteiger partial charge < -0.3 is 47.1 Å². The Morgan fingerprint density at radius 1 is 0.614 bits per heavy atom. The van der Waals surface area contributed by atoms with Crippen LogP contribution in [0.25, 0.3) is 0 Å². The first-order valence-electron chi connectivity index (χ1n) is 23.8. The standard InChI is InChI=1S/C55H62O13SSi/c1-7-69-54-48(65-51(58)39-29-19-11-20-30-39)45(63-49(56)37-25-15-9-16-26-37)43(41(62-54)34-59-33-36-23-13-8-14-24-36)67-53-47(64-50(57)38-27-17-10-18-28-38)46(68-70(5,6)55(2,3)4)44-42(61-53)35-60-52(66-44)40-31-21-12-22-32-40/h8-32,41-48,52-54H,7,33-35H2,1-6H3/t41-,42-,43-,44-,45+,46+,47-,48-,52-,53+,54+/m1/s1. The third-order valence-electron chi connectivity index (χ3n) is 13.0. The number of esters is 3. The van der Waals surface area contributed by atoms with Gasteiger partial charge in [-0.1, -0.05) is 143 Å². The maximum atomic E-state index is 14.4. The van der Waals surface area contributed by atoms with E-state index in [4.69, 9.17) is 47.1 Å². The molecule has 0 spiro atoms. The second-order valence-electron chi connectivity index (χ2n) is 18.9. The molecule has 70 heavy (non-hydrogen) atoms. The normalized spacial score (nSPS) is 26.9. The summed E-state index contributed by atoms with van der Waals surface area (Å²) in [5.41, 5.74) is 1.69. The molecule has 0 bridgehead atoms. The number of hydrogen-bond acceptors (Lipinski definition) is 14. The maximum Gasteiger partial charge on any atom is 0.338 e. The monoisotopic (exact) mass is 990 g/mol. The fraction of sp³-hybridized carbons (Fsp3) is 0.400. The fourth-order valence-electron chi connectivity index (χ4n) is 8.27. The maximum absolute atomic E-state index is 14.4. The van der Waals surface area contributed by atoms with Crippen molar-refractivity contribution in [1.82, 2.24) is 0 Å². The van der Waals surface area contributed by atoms with E-state index in [0.29, 0.717) is 11.3 Å². The molecule has 0 amide bonds. The molecule has 370 valence electrons. The second kappa shape index (κ2) is 23.4. The Balaban J connectivity index is 1.23. The summed E-state index contributed by atoms with van der Waals surface area (Å²) in [6.45, 7) is 12.8. The first-order chi connectivity index (χ1) is 33.8. The van der Waals surface area contributed by atoms with Gasteiger partial charge in [-0.3, -0.25) is 0 Å². The zero-order valence-corrected chi connectivity index (χ0v) is 42.1. The number of thioether (sulfide) groups is 1. The summed E-state index contributed by atoms with van der Waals surface area (Å²) >= 11 is 1.38. The average molecular weight is 991 g/mol. The van der Waals surface area contributed by atoms with E-state index in [-0.39, 0.29) is 36.0 Å². The quantitative estimate of drug-likeness (QED) is 0.0495. The second-order valence-corrected chi connectivity index (χ2v) is 25.0. The molecule has 0 unspecified atom stereocenters. The average Bonchev–Trinajstić information content (AvgIpc) is 3.37. The molecule has 5 aromatic rings. The van der Waals surface area contributed by atoms with Gasteiger partial charge in [0.2, 0.25) is 0 Å². The van der Waals surface area contributed by atoms with Crippen molar-refractivity contribution in [2.45, 2.75) is 119 Å². The van der Waals surface area contributed by atoms with Crippen LogP contribution in [0.2, 0.25) is 18.1 Å². The fourth-order valence-corrected chi connectivity index (χ4v) is 10.5. The van der Waals surface area contributed by atoms with Gasteiger partial charge in [0.15, 0.2) is 39.2 Å². The van der Waals surface area contributed by atoms with Crippen molar-refractivity contribution in [3.63, 3.8) is 0 Å². The molecule has 15 heteroatoms. The van der Waals surface area contributed by atoms with Gasteiger partial charge in [-0.15, -0.1) is 11.8 Å². The van der Waals surface area contributed by atoms with Crippen LogP contribution in [0.1, 0.15) is 76.2 Å². The summed E-state index contributed by atoms with van der Waals surface area (Å²) in [4.78, 5) is 42.9. The lowest BCUT2D eigenvalue weighted by Gasteiger charge is -2.53. The molecular weight excluding hydrogens is 929 g/mol. The smallest absolute Gasteiger partial charge is 0.338 e. The molecule has 3 aliphatic heterocycles. The van der Waals surface area contributed by atoms with E-state index in [0.717, 1.165) is 11.1 Å². The van der Waals surface area contributed by atoms with Crippen LogP contribution < -0.4 is 0 Å². The highest BCUT2D eigenvalue weighted by Gasteiger charge is 2.59. The number of fused-ring (bicyclic) bond motifs is 1. The number of ether oxygens (including phenoxy) is 9. The molecule has 0 radical (unpaired) electrons. The third kappa shape index (κ3) is 12.4. The Morgan fingerprint density at radius 3 is 1.64 bits per heavy atom. The minimum atomic E-state index is -2.74. The van der Waals surface area contributed by atoms with Crippen LogP contribution in [0, 0.1) is 0 Å². The Kier molecular flexibility index (Phi) is 17.1. The first-order valence-corrected chi connectivity index (χ1v) is 27.7. The third-order valence-corrected chi connectivity index (χ3v) is 18.5.